The van der Waals surface area contributed by atoms with Crippen LogP contribution < -0.4 is 5.32 Å². The van der Waals surface area contributed by atoms with Gasteiger partial charge in [-0.1, -0.05) is 18.2 Å². The fourth-order valence-electron chi connectivity index (χ4n) is 2.58. The molecule has 1 fully saturated rings. The Morgan fingerprint density at radius 2 is 1.89 bits per heavy atom. The second-order valence-electron chi connectivity index (χ2n) is 5.14. The summed E-state index contributed by atoms with van der Waals surface area (Å²) in [7, 11) is 0. The van der Waals surface area contributed by atoms with E-state index in [0.717, 1.165) is 31.7 Å². The Labute approximate surface area is 109 Å². The number of benzene rings is 1. The number of Topliss-reactive ketones (excluding diaryl/α,β-unsaturated/α-hetero) is 1. The van der Waals surface area contributed by atoms with Crippen LogP contribution in [0.25, 0.3) is 0 Å². The van der Waals surface area contributed by atoms with Crippen molar-refractivity contribution in [2.45, 2.75) is 26.8 Å². The molecule has 0 aliphatic carbocycles. The number of hydrogen-bond donors (Lipinski definition) is 1. The number of aryl methyl sites for hydroxylation is 2. The molecular weight excluding hydrogens is 224 g/mol. The third-order valence-corrected chi connectivity index (χ3v) is 3.75. The molecule has 3 heteroatoms. The topological polar surface area (TPSA) is 32.3 Å². The van der Waals surface area contributed by atoms with Gasteiger partial charge in [0.05, 0.1) is 6.04 Å². The average molecular weight is 246 g/mol. The summed E-state index contributed by atoms with van der Waals surface area (Å²) in [6.07, 6.45) is 0. The molecule has 1 atom stereocenters. The third kappa shape index (κ3) is 2.79. The maximum absolute atomic E-state index is 12.0. The fourth-order valence-corrected chi connectivity index (χ4v) is 2.58. The molecule has 1 heterocycles. The summed E-state index contributed by atoms with van der Waals surface area (Å²) in [5.41, 5.74) is 3.67. The Morgan fingerprint density at radius 3 is 2.44 bits per heavy atom. The van der Waals surface area contributed by atoms with Crippen LogP contribution in [0.15, 0.2) is 18.2 Å². The van der Waals surface area contributed by atoms with Gasteiger partial charge in [-0.05, 0) is 37.5 Å². The van der Waals surface area contributed by atoms with Crippen molar-refractivity contribution in [1.82, 2.24) is 10.2 Å². The highest BCUT2D eigenvalue weighted by Crippen LogP contribution is 2.24. The van der Waals surface area contributed by atoms with Crippen LogP contribution in [0.1, 0.15) is 29.7 Å². The van der Waals surface area contributed by atoms with Crippen LogP contribution in [0.3, 0.4) is 0 Å². The first kappa shape index (κ1) is 13.2. The highest BCUT2D eigenvalue weighted by Gasteiger charge is 2.25. The van der Waals surface area contributed by atoms with Gasteiger partial charge in [0, 0.05) is 26.2 Å². The summed E-state index contributed by atoms with van der Waals surface area (Å²) in [6.45, 7) is 9.72. The second-order valence-corrected chi connectivity index (χ2v) is 5.14. The van der Waals surface area contributed by atoms with E-state index in [4.69, 9.17) is 0 Å². The summed E-state index contributed by atoms with van der Waals surface area (Å²) in [4.78, 5) is 14.3. The maximum atomic E-state index is 12.0. The molecule has 0 amide bonds. The lowest BCUT2D eigenvalue weighted by atomic mass is 9.97. The van der Waals surface area contributed by atoms with Crippen LogP contribution in [0, 0.1) is 13.8 Å². The van der Waals surface area contributed by atoms with Crippen molar-refractivity contribution in [3.8, 4) is 0 Å². The van der Waals surface area contributed by atoms with Gasteiger partial charge in [-0.3, -0.25) is 9.69 Å². The Balaban J connectivity index is 2.28. The summed E-state index contributed by atoms with van der Waals surface area (Å²) in [5.74, 6) is 0.236. The third-order valence-electron chi connectivity index (χ3n) is 3.75. The molecule has 0 bridgehead atoms. The number of carbonyl (C=O) groups is 1. The van der Waals surface area contributed by atoms with Gasteiger partial charge in [0.15, 0.2) is 5.78 Å². The zero-order valence-corrected chi connectivity index (χ0v) is 11.5. The standard InChI is InChI=1S/C15H22N2O/c1-11-4-5-14(10-12(11)2)15(13(3)18)17-8-6-16-7-9-17/h4-5,10,15-16H,6-9H2,1-3H3. The zero-order chi connectivity index (χ0) is 13.1. The van der Waals surface area contributed by atoms with Crippen molar-refractivity contribution < 1.29 is 4.79 Å². The zero-order valence-electron chi connectivity index (χ0n) is 11.5. The van der Waals surface area contributed by atoms with Gasteiger partial charge >= 0.3 is 0 Å². The molecule has 18 heavy (non-hydrogen) atoms. The number of nitrogens with zero attached hydrogens (tertiary/aromatic N) is 1. The minimum absolute atomic E-state index is 0.0774. The molecule has 1 aliphatic heterocycles. The summed E-state index contributed by atoms with van der Waals surface area (Å²) in [5, 5.41) is 3.33. The summed E-state index contributed by atoms with van der Waals surface area (Å²) < 4.78 is 0. The van der Waals surface area contributed by atoms with Crippen LogP contribution in [-0.4, -0.2) is 36.9 Å². The Hall–Kier alpha value is -1.19. The van der Waals surface area contributed by atoms with Gasteiger partial charge in [0.1, 0.15) is 0 Å². The van der Waals surface area contributed by atoms with E-state index in [9.17, 15) is 4.79 Å². The number of piperazine rings is 1. The Bertz CT molecular complexity index is 436. The van der Waals surface area contributed by atoms with Crippen molar-refractivity contribution in [1.29, 1.82) is 0 Å². The monoisotopic (exact) mass is 246 g/mol. The van der Waals surface area contributed by atoms with Crippen LogP contribution in [0.2, 0.25) is 0 Å². The van der Waals surface area contributed by atoms with Crippen LogP contribution >= 0.6 is 0 Å². The molecule has 0 aromatic heterocycles. The van der Waals surface area contributed by atoms with E-state index < -0.39 is 0 Å². The minimum Gasteiger partial charge on any atom is -0.314 e. The lowest BCUT2D eigenvalue weighted by Gasteiger charge is -2.34. The molecule has 1 aromatic rings. The molecule has 0 radical (unpaired) electrons. The SMILES string of the molecule is CC(=O)C(c1ccc(C)c(C)c1)N1CCNCC1. The van der Waals surface area contributed by atoms with E-state index in [1.807, 2.05) is 0 Å². The predicted octanol–water partition coefficient (Wildman–Crippen LogP) is 1.84. The quantitative estimate of drug-likeness (QED) is 0.883. The first-order chi connectivity index (χ1) is 8.59. The molecule has 1 N–H and O–H groups in total. The average Bonchev–Trinajstić information content (AvgIpc) is 2.35. The van der Waals surface area contributed by atoms with Gasteiger partial charge in [-0.2, -0.15) is 0 Å². The van der Waals surface area contributed by atoms with Gasteiger partial charge in [-0.15, -0.1) is 0 Å². The number of ketones is 1. The van der Waals surface area contributed by atoms with E-state index in [-0.39, 0.29) is 11.8 Å². The van der Waals surface area contributed by atoms with Crippen molar-refractivity contribution in [3.05, 3.63) is 34.9 Å². The number of hydrogen-bond acceptors (Lipinski definition) is 3. The van der Waals surface area contributed by atoms with E-state index in [1.165, 1.54) is 11.1 Å². The molecule has 3 nitrogen and oxygen atoms in total. The number of carbonyl (C=O) groups excluding carboxylic acids is 1. The van der Waals surface area contributed by atoms with Gasteiger partial charge in [-0.25, -0.2) is 0 Å². The summed E-state index contributed by atoms with van der Waals surface area (Å²) >= 11 is 0. The normalized spacial score (nSPS) is 18.6. The van der Waals surface area contributed by atoms with E-state index in [0.29, 0.717) is 0 Å². The minimum atomic E-state index is -0.0774. The number of nitrogens with one attached hydrogen (secondary N) is 1. The first-order valence-electron chi connectivity index (χ1n) is 6.62. The lowest BCUT2D eigenvalue weighted by Crippen LogP contribution is -2.46. The van der Waals surface area contributed by atoms with Gasteiger partial charge in [0.2, 0.25) is 0 Å². The van der Waals surface area contributed by atoms with Crippen LogP contribution in [0.4, 0.5) is 0 Å². The van der Waals surface area contributed by atoms with E-state index >= 15 is 0 Å². The van der Waals surface area contributed by atoms with Gasteiger partial charge < -0.3 is 5.32 Å². The molecule has 1 unspecified atom stereocenters. The number of rotatable bonds is 3. The van der Waals surface area contributed by atoms with Crippen molar-refractivity contribution in [2.24, 2.45) is 0 Å². The Kier molecular flexibility index (Phi) is 4.15. The smallest absolute Gasteiger partial charge is 0.151 e. The summed E-state index contributed by atoms with van der Waals surface area (Å²) in [6, 6.07) is 6.29. The highest BCUT2D eigenvalue weighted by molar-refractivity contribution is 5.83. The van der Waals surface area contributed by atoms with Gasteiger partial charge in [0.25, 0.3) is 0 Å². The molecular formula is C15H22N2O. The molecule has 98 valence electrons. The van der Waals surface area contributed by atoms with Crippen molar-refractivity contribution in [3.63, 3.8) is 0 Å². The molecule has 0 spiro atoms. The largest absolute Gasteiger partial charge is 0.314 e. The first-order valence-corrected chi connectivity index (χ1v) is 6.62. The molecule has 1 aliphatic rings. The second kappa shape index (κ2) is 5.63. The Morgan fingerprint density at radius 1 is 1.22 bits per heavy atom. The predicted molar refractivity (Wildman–Crippen MR) is 73.8 cm³/mol. The van der Waals surface area contributed by atoms with Crippen LogP contribution in [0.5, 0.6) is 0 Å². The fraction of sp³-hybridized carbons (Fsp3) is 0.533. The van der Waals surface area contributed by atoms with E-state index in [1.54, 1.807) is 6.92 Å². The molecule has 1 saturated heterocycles. The van der Waals surface area contributed by atoms with E-state index in [2.05, 4.69) is 42.3 Å². The molecule has 2 rings (SSSR count). The molecule has 1 aromatic carbocycles. The van der Waals surface area contributed by atoms with Crippen molar-refractivity contribution >= 4 is 5.78 Å². The van der Waals surface area contributed by atoms with Crippen molar-refractivity contribution in [2.75, 3.05) is 26.2 Å². The molecule has 0 saturated carbocycles. The highest BCUT2D eigenvalue weighted by atomic mass is 16.1. The lowest BCUT2D eigenvalue weighted by molar-refractivity contribution is -0.122. The maximum Gasteiger partial charge on any atom is 0.151 e. The van der Waals surface area contributed by atoms with Crippen LogP contribution in [-0.2, 0) is 4.79 Å².